The molecule has 2 heterocycles. The van der Waals surface area contributed by atoms with E-state index in [9.17, 15) is 0 Å². The fourth-order valence-electron chi connectivity index (χ4n) is 2.28. The molecule has 5 heteroatoms. The van der Waals surface area contributed by atoms with E-state index in [1.54, 1.807) is 0 Å². The second-order valence-electron chi connectivity index (χ2n) is 4.76. The van der Waals surface area contributed by atoms with E-state index < -0.39 is 0 Å². The standard InChI is InChI=1S/C14H18N4O/c1-2-5-12(6-3-1)14-16-13(17-19-14)11-18-9-4-7-15-8-10-18/h1-3,5-6,15H,4,7-11H2. The quantitative estimate of drug-likeness (QED) is 0.905. The lowest BCUT2D eigenvalue weighted by Gasteiger charge is -2.16. The minimum absolute atomic E-state index is 0.601. The molecule has 1 fully saturated rings. The second-order valence-corrected chi connectivity index (χ2v) is 4.76. The molecule has 2 aromatic rings. The zero-order valence-electron chi connectivity index (χ0n) is 10.9. The van der Waals surface area contributed by atoms with Crippen molar-refractivity contribution in [3.63, 3.8) is 0 Å². The fourth-order valence-corrected chi connectivity index (χ4v) is 2.28. The van der Waals surface area contributed by atoms with Gasteiger partial charge in [-0.2, -0.15) is 4.98 Å². The van der Waals surface area contributed by atoms with Gasteiger partial charge in [0.25, 0.3) is 5.89 Å². The van der Waals surface area contributed by atoms with Crippen LogP contribution in [0.15, 0.2) is 34.9 Å². The Morgan fingerprint density at radius 2 is 2.05 bits per heavy atom. The van der Waals surface area contributed by atoms with Crippen LogP contribution >= 0.6 is 0 Å². The number of benzene rings is 1. The van der Waals surface area contributed by atoms with Crippen molar-refractivity contribution in [3.8, 4) is 11.5 Å². The van der Waals surface area contributed by atoms with Crippen LogP contribution in [0, 0.1) is 0 Å². The molecule has 0 saturated carbocycles. The Morgan fingerprint density at radius 1 is 1.16 bits per heavy atom. The third kappa shape index (κ3) is 3.19. The minimum atomic E-state index is 0.601. The molecule has 1 aromatic heterocycles. The van der Waals surface area contributed by atoms with Crippen LogP contribution in [0.5, 0.6) is 0 Å². The molecule has 19 heavy (non-hydrogen) atoms. The van der Waals surface area contributed by atoms with E-state index in [1.165, 1.54) is 6.42 Å². The molecule has 0 atom stereocenters. The lowest BCUT2D eigenvalue weighted by atomic mass is 10.2. The summed E-state index contributed by atoms with van der Waals surface area (Å²) in [6.45, 7) is 5.01. The molecular weight excluding hydrogens is 240 g/mol. The Labute approximate surface area is 112 Å². The van der Waals surface area contributed by atoms with E-state index in [-0.39, 0.29) is 0 Å². The third-order valence-corrected chi connectivity index (χ3v) is 3.29. The van der Waals surface area contributed by atoms with E-state index in [0.717, 1.165) is 44.1 Å². The molecule has 0 aliphatic carbocycles. The molecule has 1 aromatic carbocycles. The van der Waals surface area contributed by atoms with Gasteiger partial charge < -0.3 is 9.84 Å². The summed E-state index contributed by atoms with van der Waals surface area (Å²) < 4.78 is 5.32. The van der Waals surface area contributed by atoms with Gasteiger partial charge in [-0.25, -0.2) is 0 Å². The molecule has 1 aliphatic heterocycles. The van der Waals surface area contributed by atoms with E-state index in [2.05, 4.69) is 20.4 Å². The van der Waals surface area contributed by atoms with E-state index in [4.69, 9.17) is 4.52 Å². The second kappa shape index (κ2) is 5.95. The predicted molar refractivity (Wildman–Crippen MR) is 72.5 cm³/mol. The van der Waals surface area contributed by atoms with Gasteiger partial charge in [-0.05, 0) is 31.6 Å². The summed E-state index contributed by atoms with van der Waals surface area (Å²) in [5.41, 5.74) is 0.971. The maximum absolute atomic E-state index is 5.32. The van der Waals surface area contributed by atoms with Crippen LogP contribution in [0.1, 0.15) is 12.2 Å². The number of nitrogens with zero attached hydrogens (tertiary/aromatic N) is 3. The molecule has 1 saturated heterocycles. The van der Waals surface area contributed by atoms with Crippen molar-refractivity contribution in [2.24, 2.45) is 0 Å². The summed E-state index contributed by atoms with van der Waals surface area (Å²) in [7, 11) is 0. The van der Waals surface area contributed by atoms with Gasteiger partial charge in [-0.3, -0.25) is 4.90 Å². The van der Waals surface area contributed by atoms with E-state index >= 15 is 0 Å². The zero-order chi connectivity index (χ0) is 12.9. The normalized spacial score (nSPS) is 17.3. The molecule has 0 bridgehead atoms. The first-order chi connectivity index (χ1) is 9.42. The van der Waals surface area contributed by atoms with Gasteiger partial charge >= 0.3 is 0 Å². The van der Waals surface area contributed by atoms with Crippen molar-refractivity contribution in [1.82, 2.24) is 20.4 Å². The van der Waals surface area contributed by atoms with Crippen molar-refractivity contribution in [1.29, 1.82) is 0 Å². The van der Waals surface area contributed by atoms with Crippen molar-refractivity contribution in [3.05, 3.63) is 36.2 Å². The first-order valence-corrected chi connectivity index (χ1v) is 6.73. The Kier molecular flexibility index (Phi) is 3.86. The summed E-state index contributed by atoms with van der Waals surface area (Å²) in [4.78, 5) is 6.83. The Bertz CT molecular complexity index is 503. The number of hydrogen-bond donors (Lipinski definition) is 1. The van der Waals surface area contributed by atoms with Crippen LogP contribution in [0.25, 0.3) is 11.5 Å². The van der Waals surface area contributed by atoms with Gasteiger partial charge in [0, 0.05) is 18.7 Å². The molecule has 1 N–H and O–H groups in total. The Morgan fingerprint density at radius 3 is 2.95 bits per heavy atom. The molecule has 0 amide bonds. The average Bonchev–Trinajstić information content (AvgIpc) is 2.76. The highest BCUT2D eigenvalue weighted by molar-refractivity contribution is 5.51. The molecular formula is C14H18N4O. The van der Waals surface area contributed by atoms with Gasteiger partial charge in [0.2, 0.25) is 0 Å². The predicted octanol–water partition coefficient (Wildman–Crippen LogP) is 1.53. The summed E-state index contributed by atoms with van der Waals surface area (Å²) in [6.07, 6.45) is 1.17. The SMILES string of the molecule is c1ccc(-c2nc(CN3CCCNCC3)no2)cc1. The van der Waals surface area contributed by atoms with E-state index in [1.807, 2.05) is 30.3 Å². The smallest absolute Gasteiger partial charge is 0.257 e. The van der Waals surface area contributed by atoms with Crippen LogP contribution < -0.4 is 5.32 Å². The number of rotatable bonds is 3. The van der Waals surface area contributed by atoms with Crippen LogP contribution in [-0.2, 0) is 6.54 Å². The summed E-state index contributed by atoms with van der Waals surface area (Å²) in [5, 5.41) is 7.46. The third-order valence-electron chi connectivity index (χ3n) is 3.29. The van der Waals surface area contributed by atoms with Crippen molar-refractivity contribution < 1.29 is 4.52 Å². The summed E-state index contributed by atoms with van der Waals surface area (Å²) in [6, 6.07) is 9.88. The largest absolute Gasteiger partial charge is 0.334 e. The molecule has 1 aliphatic rings. The first-order valence-electron chi connectivity index (χ1n) is 6.73. The highest BCUT2D eigenvalue weighted by Crippen LogP contribution is 2.16. The Hall–Kier alpha value is -1.72. The highest BCUT2D eigenvalue weighted by atomic mass is 16.5. The minimum Gasteiger partial charge on any atom is -0.334 e. The molecule has 100 valence electrons. The average molecular weight is 258 g/mol. The zero-order valence-corrected chi connectivity index (χ0v) is 10.9. The fraction of sp³-hybridized carbons (Fsp3) is 0.429. The molecule has 0 unspecified atom stereocenters. The molecule has 0 spiro atoms. The number of aromatic nitrogens is 2. The number of nitrogens with one attached hydrogen (secondary N) is 1. The molecule has 3 rings (SSSR count). The van der Waals surface area contributed by atoms with Crippen LogP contribution in [-0.4, -0.2) is 41.2 Å². The lowest BCUT2D eigenvalue weighted by Crippen LogP contribution is -2.28. The van der Waals surface area contributed by atoms with Crippen LogP contribution in [0.3, 0.4) is 0 Å². The van der Waals surface area contributed by atoms with Crippen LogP contribution in [0.2, 0.25) is 0 Å². The Balaban J connectivity index is 1.68. The van der Waals surface area contributed by atoms with E-state index in [0.29, 0.717) is 5.89 Å². The number of hydrogen-bond acceptors (Lipinski definition) is 5. The molecule has 0 radical (unpaired) electrons. The van der Waals surface area contributed by atoms with Crippen molar-refractivity contribution >= 4 is 0 Å². The summed E-state index contributed by atoms with van der Waals surface area (Å²) >= 11 is 0. The molecule has 5 nitrogen and oxygen atoms in total. The van der Waals surface area contributed by atoms with Crippen molar-refractivity contribution in [2.45, 2.75) is 13.0 Å². The highest BCUT2D eigenvalue weighted by Gasteiger charge is 2.13. The maximum atomic E-state index is 5.32. The monoisotopic (exact) mass is 258 g/mol. The van der Waals surface area contributed by atoms with Gasteiger partial charge in [-0.15, -0.1) is 0 Å². The van der Waals surface area contributed by atoms with Gasteiger partial charge in [0.05, 0.1) is 6.54 Å². The lowest BCUT2D eigenvalue weighted by molar-refractivity contribution is 0.271. The topological polar surface area (TPSA) is 54.2 Å². The van der Waals surface area contributed by atoms with Crippen molar-refractivity contribution in [2.75, 3.05) is 26.2 Å². The van der Waals surface area contributed by atoms with Crippen LogP contribution in [0.4, 0.5) is 0 Å². The van der Waals surface area contributed by atoms with Gasteiger partial charge in [0.1, 0.15) is 0 Å². The first kappa shape index (κ1) is 12.3. The van der Waals surface area contributed by atoms with Gasteiger partial charge in [0.15, 0.2) is 5.82 Å². The van der Waals surface area contributed by atoms with Gasteiger partial charge in [-0.1, -0.05) is 23.4 Å². The maximum Gasteiger partial charge on any atom is 0.257 e. The summed E-state index contributed by atoms with van der Waals surface area (Å²) in [5.74, 6) is 1.37.